The fourth-order valence-corrected chi connectivity index (χ4v) is 2.08. The molecule has 1 saturated heterocycles. The second-order valence-electron chi connectivity index (χ2n) is 4.75. The number of piperidine rings is 1. The van der Waals surface area contributed by atoms with Gasteiger partial charge in [0.2, 0.25) is 5.91 Å². The molecule has 3 N–H and O–H groups in total. The largest absolute Gasteiger partial charge is 0.378 e. The minimum atomic E-state index is -0.00208. The van der Waals surface area contributed by atoms with Gasteiger partial charge in [-0.1, -0.05) is 0 Å². The third-order valence-electron chi connectivity index (χ3n) is 3.16. The summed E-state index contributed by atoms with van der Waals surface area (Å²) >= 11 is 0. The van der Waals surface area contributed by atoms with Crippen LogP contribution in [0.4, 0.5) is 0 Å². The van der Waals surface area contributed by atoms with Crippen molar-refractivity contribution in [2.75, 3.05) is 39.3 Å². The number of amides is 1. The van der Waals surface area contributed by atoms with Gasteiger partial charge in [-0.25, -0.2) is 0 Å². The van der Waals surface area contributed by atoms with E-state index >= 15 is 0 Å². The molecule has 19 heavy (non-hydrogen) atoms. The molecule has 0 bridgehead atoms. The first-order chi connectivity index (χ1) is 9.26. The van der Waals surface area contributed by atoms with Gasteiger partial charge in [0.1, 0.15) is 0 Å². The topological polar surface area (TPSA) is 91.4 Å². The van der Waals surface area contributed by atoms with Crippen LogP contribution >= 0.6 is 0 Å². The fraction of sp³-hybridized carbons (Fsp3) is 0.846. The highest BCUT2D eigenvalue weighted by atomic mass is 16.5. The maximum atomic E-state index is 11.6. The van der Waals surface area contributed by atoms with Crippen LogP contribution in [0.2, 0.25) is 0 Å². The second-order valence-corrected chi connectivity index (χ2v) is 4.75. The lowest BCUT2D eigenvalue weighted by Crippen LogP contribution is -2.43. The van der Waals surface area contributed by atoms with Crippen LogP contribution in [0, 0.1) is 11.3 Å². The van der Waals surface area contributed by atoms with Crippen LogP contribution in [0.5, 0.6) is 0 Å². The molecule has 0 radical (unpaired) electrons. The number of rotatable bonds is 8. The summed E-state index contributed by atoms with van der Waals surface area (Å²) in [6.07, 6.45) is 3.51. The Bertz CT molecular complexity index is 296. The Morgan fingerprint density at radius 1 is 1.47 bits per heavy atom. The third kappa shape index (κ3) is 7.11. The Morgan fingerprint density at radius 2 is 2.21 bits per heavy atom. The maximum absolute atomic E-state index is 11.6. The van der Waals surface area contributed by atoms with E-state index in [1.165, 1.54) is 0 Å². The van der Waals surface area contributed by atoms with Gasteiger partial charge in [0, 0.05) is 26.2 Å². The molecule has 1 amide bonds. The number of carbonyl (C=O) groups is 1. The van der Waals surface area contributed by atoms with Crippen molar-refractivity contribution in [2.45, 2.75) is 31.8 Å². The average molecular weight is 268 g/mol. The monoisotopic (exact) mass is 268 g/mol. The summed E-state index contributed by atoms with van der Waals surface area (Å²) < 4.78 is 5.71. The predicted molar refractivity (Wildman–Crippen MR) is 72.3 cm³/mol. The minimum absolute atomic E-state index is 0.00208. The average Bonchev–Trinajstić information content (AvgIpc) is 2.41. The van der Waals surface area contributed by atoms with Crippen LogP contribution < -0.4 is 11.1 Å². The van der Waals surface area contributed by atoms with E-state index in [4.69, 9.17) is 15.7 Å². The van der Waals surface area contributed by atoms with Crippen molar-refractivity contribution in [3.05, 3.63) is 0 Å². The van der Waals surface area contributed by atoms with E-state index < -0.39 is 0 Å². The lowest BCUT2D eigenvalue weighted by molar-refractivity contribution is -0.122. The summed E-state index contributed by atoms with van der Waals surface area (Å²) in [6.45, 7) is 4.03. The molecule has 1 rings (SSSR count). The van der Waals surface area contributed by atoms with Crippen molar-refractivity contribution in [3.8, 4) is 6.07 Å². The van der Waals surface area contributed by atoms with Crippen molar-refractivity contribution in [3.63, 3.8) is 0 Å². The zero-order valence-electron chi connectivity index (χ0n) is 11.4. The molecule has 0 aromatic heterocycles. The molecule has 1 heterocycles. The van der Waals surface area contributed by atoms with Crippen molar-refractivity contribution >= 4 is 5.91 Å². The zero-order valence-corrected chi connectivity index (χ0v) is 11.4. The highest BCUT2D eigenvalue weighted by Gasteiger charge is 2.20. The Hall–Kier alpha value is -1.16. The Balaban J connectivity index is 2.09. The molecule has 0 aromatic carbocycles. The van der Waals surface area contributed by atoms with E-state index in [-0.39, 0.29) is 5.91 Å². The van der Waals surface area contributed by atoms with Gasteiger partial charge in [-0.2, -0.15) is 5.26 Å². The number of nitrogens with one attached hydrogen (secondary N) is 1. The van der Waals surface area contributed by atoms with Crippen LogP contribution in [0.3, 0.4) is 0 Å². The number of nitrogens with two attached hydrogens (primary N) is 1. The molecule has 6 heteroatoms. The highest BCUT2D eigenvalue weighted by Crippen LogP contribution is 2.13. The summed E-state index contributed by atoms with van der Waals surface area (Å²) in [7, 11) is 0. The van der Waals surface area contributed by atoms with Gasteiger partial charge in [0.15, 0.2) is 0 Å². The standard InChI is InChI=1S/C13H24N4O2/c14-5-1-7-16-13(18)11-17-8-3-12(4-9-17)19-10-2-6-15/h12H,1-4,6-11,15H2,(H,16,18). The Morgan fingerprint density at radius 3 is 2.84 bits per heavy atom. The second kappa shape index (κ2) is 9.73. The summed E-state index contributed by atoms with van der Waals surface area (Å²) in [6, 6.07) is 2.00. The zero-order chi connectivity index (χ0) is 13.9. The number of nitrogens with zero attached hydrogens (tertiary/aromatic N) is 2. The summed E-state index contributed by atoms with van der Waals surface area (Å²) in [5.74, 6) is -0.00208. The van der Waals surface area contributed by atoms with Gasteiger partial charge < -0.3 is 15.8 Å². The molecule has 0 atom stereocenters. The smallest absolute Gasteiger partial charge is 0.234 e. The fourth-order valence-electron chi connectivity index (χ4n) is 2.08. The SMILES string of the molecule is N#CCCNC(=O)CN1CCC(OCCCN)CC1. The molecule has 0 spiro atoms. The van der Waals surface area contributed by atoms with E-state index in [1.807, 2.05) is 6.07 Å². The van der Waals surface area contributed by atoms with Gasteiger partial charge in [-0.05, 0) is 25.8 Å². The van der Waals surface area contributed by atoms with Crippen molar-refractivity contribution in [2.24, 2.45) is 5.73 Å². The molecule has 0 unspecified atom stereocenters. The van der Waals surface area contributed by atoms with Crippen LogP contribution in [0.1, 0.15) is 25.7 Å². The van der Waals surface area contributed by atoms with Gasteiger partial charge in [-0.3, -0.25) is 9.69 Å². The van der Waals surface area contributed by atoms with Gasteiger partial charge in [0.25, 0.3) is 0 Å². The molecule has 108 valence electrons. The van der Waals surface area contributed by atoms with Crippen LogP contribution in [0.25, 0.3) is 0 Å². The van der Waals surface area contributed by atoms with E-state index in [2.05, 4.69) is 10.2 Å². The van der Waals surface area contributed by atoms with Crippen molar-refractivity contribution < 1.29 is 9.53 Å². The molecule has 0 aliphatic carbocycles. The first kappa shape index (κ1) is 15.9. The summed E-state index contributed by atoms with van der Waals surface area (Å²) in [5.41, 5.74) is 5.42. The van der Waals surface area contributed by atoms with E-state index in [0.717, 1.165) is 39.0 Å². The number of hydrogen-bond acceptors (Lipinski definition) is 5. The Labute approximate surface area is 114 Å². The van der Waals surface area contributed by atoms with Gasteiger partial charge in [-0.15, -0.1) is 0 Å². The van der Waals surface area contributed by atoms with Crippen LogP contribution in [0.15, 0.2) is 0 Å². The molecule has 0 saturated carbocycles. The molecule has 6 nitrogen and oxygen atoms in total. The number of likely N-dealkylation sites (tertiary alicyclic amines) is 1. The highest BCUT2D eigenvalue weighted by molar-refractivity contribution is 5.78. The Kier molecular flexibility index (Phi) is 8.14. The molecule has 1 aliphatic rings. The molecule has 1 fully saturated rings. The molecule has 0 aromatic rings. The van der Waals surface area contributed by atoms with E-state index in [9.17, 15) is 4.79 Å². The van der Waals surface area contributed by atoms with Crippen LogP contribution in [-0.2, 0) is 9.53 Å². The lowest BCUT2D eigenvalue weighted by Gasteiger charge is -2.31. The predicted octanol–water partition coefficient (Wildman–Crippen LogP) is -0.154. The molecular formula is C13H24N4O2. The number of nitriles is 1. The molecular weight excluding hydrogens is 244 g/mol. The number of ether oxygens (including phenoxy) is 1. The van der Waals surface area contributed by atoms with E-state index in [0.29, 0.717) is 32.2 Å². The van der Waals surface area contributed by atoms with Crippen LogP contribution in [-0.4, -0.2) is 56.2 Å². The number of hydrogen-bond donors (Lipinski definition) is 2. The summed E-state index contributed by atoms with van der Waals surface area (Å²) in [5, 5.41) is 11.1. The third-order valence-corrected chi connectivity index (χ3v) is 3.16. The van der Waals surface area contributed by atoms with E-state index in [1.54, 1.807) is 0 Å². The van der Waals surface area contributed by atoms with Crippen molar-refractivity contribution in [1.29, 1.82) is 5.26 Å². The quantitative estimate of drug-likeness (QED) is 0.597. The maximum Gasteiger partial charge on any atom is 0.234 e. The number of carbonyl (C=O) groups excluding carboxylic acids is 1. The lowest BCUT2D eigenvalue weighted by atomic mass is 10.1. The molecule has 1 aliphatic heterocycles. The van der Waals surface area contributed by atoms with Crippen molar-refractivity contribution in [1.82, 2.24) is 10.2 Å². The summed E-state index contributed by atoms with van der Waals surface area (Å²) in [4.78, 5) is 13.7. The van der Waals surface area contributed by atoms with Gasteiger partial charge >= 0.3 is 0 Å². The van der Waals surface area contributed by atoms with Gasteiger partial charge in [0.05, 0.1) is 25.1 Å². The first-order valence-corrected chi connectivity index (χ1v) is 6.94. The normalized spacial score (nSPS) is 17.1. The minimum Gasteiger partial charge on any atom is -0.378 e. The first-order valence-electron chi connectivity index (χ1n) is 6.94.